The fourth-order valence-corrected chi connectivity index (χ4v) is 4.62. The summed E-state index contributed by atoms with van der Waals surface area (Å²) in [5.74, 6) is 0.697. The van der Waals surface area contributed by atoms with Gasteiger partial charge in [0.05, 0.1) is 13.7 Å². The van der Waals surface area contributed by atoms with E-state index in [2.05, 4.69) is 10.3 Å². The second-order valence-corrected chi connectivity index (χ2v) is 8.84. The fraction of sp³-hybridized carbons (Fsp3) is 0.345. The highest BCUT2D eigenvalue weighted by Crippen LogP contribution is 2.33. The van der Waals surface area contributed by atoms with Crippen LogP contribution in [0.2, 0.25) is 0 Å². The molecule has 1 N–H and O–H groups in total. The van der Waals surface area contributed by atoms with Crippen LogP contribution in [0.5, 0.6) is 11.5 Å². The Bertz CT molecular complexity index is 1140. The number of nitrogens with one attached hydrogen (secondary N) is 1. The first-order chi connectivity index (χ1) is 17.6. The van der Waals surface area contributed by atoms with E-state index >= 15 is 0 Å². The maximum atomic E-state index is 14.0. The van der Waals surface area contributed by atoms with Gasteiger partial charge in [0.2, 0.25) is 5.91 Å². The predicted molar refractivity (Wildman–Crippen MR) is 139 cm³/mol. The van der Waals surface area contributed by atoms with Crippen LogP contribution in [-0.2, 0) is 4.79 Å². The minimum Gasteiger partial charge on any atom is -0.497 e. The number of ether oxygens (including phenoxy) is 2. The Morgan fingerprint density at radius 2 is 1.78 bits per heavy atom. The van der Waals surface area contributed by atoms with Crippen LogP contribution in [0.1, 0.15) is 61.1 Å². The zero-order valence-electron chi connectivity index (χ0n) is 20.9. The van der Waals surface area contributed by atoms with E-state index in [1.165, 1.54) is 11.3 Å². The van der Waals surface area contributed by atoms with Crippen molar-refractivity contribution in [1.29, 1.82) is 0 Å². The van der Waals surface area contributed by atoms with Gasteiger partial charge in [-0.3, -0.25) is 19.5 Å². The van der Waals surface area contributed by atoms with Crippen molar-refractivity contribution in [3.05, 3.63) is 84.2 Å². The lowest BCUT2D eigenvalue weighted by Gasteiger charge is -2.33. The largest absolute Gasteiger partial charge is 0.497 e. The number of pyridine rings is 1. The molecule has 1 fully saturated rings. The molecule has 1 aliphatic carbocycles. The molecule has 0 spiro atoms. The monoisotopic (exact) mass is 487 g/mol. The fourth-order valence-electron chi connectivity index (χ4n) is 4.62. The van der Waals surface area contributed by atoms with E-state index < -0.39 is 6.04 Å². The first kappa shape index (κ1) is 25.2. The smallest absolute Gasteiger partial charge is 0.277 e. The maximum absolute atomic E-state index is 14.0. The number of benzene rings is 2. The van der Waals surface area contributed by atoms with Crippen LogP contribution in [0, 0.1) is 0 Å². The normalized spacial score (nSPS) is 14.5. The van der Waals surface area contributed by atoms with Crippen molar-refractivity contribution in [3.8, 4) is 11.5 Å². The van der Waals surface area contributed by atoms with E-state index in [0.717, 1.165) is 25.7 Å². The molecule has 7 nitrogen and oxygen atoms in total. The Labute approximate surface area is 212 Å². The number of hydrogen-bond donors (Lipinski definition) is 1. The van der Waals surface area contributed by atoms with Crippen LogP contribution in [-0.4, -0.2) is 36.6 Å². The topological polar surface area (TPSA) is 80.8 Å². The number of carbonyl (C=O) groups excluding carboxylic acids is 2. The molecule has 1 aliphatic rings. The van der Waals surface area contributed by atoms with Crippen LogP contribution in [0.15, 0.2) is 72.9 Å². The van der Waals surface area contributed by atoms with Gasteiger partial charge >= 0.3 is 0 Å². The van der Waals surface area contributed by atoms with Crippen molar-refractivity contribution in [2.24, 2.45) is 0 Å². The Morgan fingerprint density at radius 3 is 2.44 bits per heavy atom. The van der Waals surface area contributed by atoms with E-state index in [1.54, 1.807) is 49.7 Å². The second-order valence-electron chi connectivity index (χ2n) is 8.84. The molecular weight excluding hydrogens is 454 g/mol. The molecule has 2 amide bonds. The summed E-state index contributed by atoms with van der Waals surface area (Å²) in [6, 6.07) is 18.9. The van der Waals surface area contributed by atoms with E-state index in [-0.39, 0.29) is 23.6 Å². The first-order valence-corrected chi connectivity index (χ1v) is 12.5. The van der Waals surface area contributed by atoms with Crippen LogP contribution in [0.3, 0.4) is 0 Å². The molecule has 0 bridgehead atoms. The zero-order valence-corrected chi connectivity index (χ0v) is 20.9. The average Bonchev–Trinajstić information content (AvgIpc) is 2.93. The van der Waals surface area contributed by atoms with Crippen molar-refractivity contribution in [2.75, 3.05) is 18.6 Å². The summed E-state index contributed by atoms with van der Waals surface area (Å²) in [5.41, 5.74) is 1.48. The first-order valence-electron chi connectivity index (χ1n) is 12.5. The summed E-state index contributed by atoms with van der Waals surface area (Å²) in [6.07, 6.45) is 6.82. The SMILES string of the molecule is CCOc1cccc(N(C(=O)c2ccccn2)C(C(=O)NC2CCCCC2)c2ccc(OC)cc2)c1. The molecular formula is C29H33N3O4. The van der Waals surface area contributed by atoms with Gasteiger partial charge in [0.1, 0.15) is 23.2 Å². The van der Waals surface area contributed by atoms with Gasteiger partial charge in [-0.25, -0.2) is 0 Å². The van der Waals surface area contributed by atoms with Crippen LogP contribution in [0.25, 0.3) is 0 Å². The molecule has 1 saturated carbocycles. The highest BCUT2D eigenvalue weighted by molar-refractivity contribution is 6.09. The van der Waals surface area contributed by atoms with Crippen molar-refractivity contribution in [1.82, 2.24) is 10.3 Å². The zero-order chi connectivity index (χ0) is 25.3. The van der Waals surface area contributed by atoms with E-state index in [0.29, 0.717) is 29.4 Å². The minimum atomic E-state index is -0.913. The Balaban J connectivity index is 1.81. The number of rotatable bonds is 9. The van der Waals surface area contributed by atoms with E-state index in [9.17, 15) is 9.59 Å². The number of anilines is 1. The molecule has 1 heterocycles. The highest BCUT2D eigenvalue weighted by Gasteiger charge is 2.35. The molecule has 1 atom stereocenters. The molecule has 7 heteroatoms. The third kappa shape index (κ3) is 6.03. The van der Waals surface area contributed by atoms with E-state index in [1.807, 2.05) is 37.3 Å². The van der Waals surface area contributed by atoms with Crippen LogP contribution >= 0.6 is 0 Å². The Kier molecular flexibility index (Phi) is 8.55. The summed E-state index contributed by atoms with van der Waals surface area (Å²) in [7, 11) is 1.60. The minimum absolute atomic E-state index is 0.0913. The molecule has 36 heavy (non-hydrogen) atoms. The van der Waals surface area contributed by atoms with Gasteiger partial charge in [-0.05, 0) is 61.7 Å². The number of carbonyl (C=O) groups is 2. The molecule has 188 valence electrons. The van der Waals surface area contributed by atoms with Gasteiger partial charge in [0.25, 0.3) is 5.91 Å². The van der Waals surface area contributed by atoms with Crippen molar-refractivity contribution in [3.63, 3.8) is 0 Å². The standard InChI is InChI=1S/C29H33N3O4/c1-3-36-25-13-9-12-23(20-25)32(29(34)26-14-7-8-19-30-26)27(21-15-17-24(35-2)18-16-21)28(33)31-22-10-5-4-6-11-22/h7-9,12-20,22,27H,3-6,10-11H2,1-2H3,(H,31,33). The van der Waals surface area contributed by atoms with Gasteiger partial charge in [-0.1, -0.05) is 43.5 Å². The number of aromatic nitrogens is 1. The van der Waals surface area contributed by atoms with Gasteiger partial charge in [-0.2, -0.15) is 0 Å². The van der Waals surface area contributed by atoms with Gasteiger partial charge in [0.15, 0.2) is 0 Å². The third-order valence-electron chi connectivity index (χ3n) is 6.40. The lowest BCUT2D eigenvalue weighted by atomic mass is 9.94. The van der Waals surface area contributed by atoms with Gasteiger partial charge < -0.3 is 14.8 Å². The summed E-state index contributed by atoms with van der Waals surface area (Å²) in [5, 5.41) is 3.23. The molecule has 3 aromatic rings. The number of hydrogen-bond acceptors (Lipinski definition) is 5. The molecule has 0 aliphatic heterocycles. The number of nitrogens with zero attached hydrogens (tertiary/aromatic N) is 2. The Morgan fingerprint density at radius 1 is 1.00 bits per heavy atom. The maximum Gasteiger partial charge on any atom is 0.277 e. The summed E-state index contributed by atoms with van der Waals surface area (Å²) >= 11 is 0. The molecule has 1 unspecified atom stereocenters. The average molecular weight is 488 g/mol. The van der Waals surface area contributed by atoms with Crippen molar-refractivity contribution < 1.29 is 19.1 Å². The lowest BCUT2D eigenvalue weighted by molar-refractivity contribution is -0.123. The number of methoxy groups -OCH3 is 1. The van der Waals surface area contributed by atoms with Crippen molar-refractivity contribution >= 4 is 17.5 Å². The summed E-state index contributed by atoms with van der Waals surface area (Å²) in [6.45, 7) is 2.39. The molecule has 0 saturated heterocycles. The highest BCUT2D eigenvalue weighted by atomic mass is 16.5. The van der Waals surface area contributed by atoms with E-state index in [4.69, 9.17) is 9.47 Å². The molecule has 1 aromatic heterocycles. The van der Waals surface area contributed by atoms with Crippen LogP contribution < -0.4 is 19.7 Å². The molecule has 0 radical (unpaired) electrons. The summed E-state index contributed by atoms with van der Waals surface area (Å²) < 4.78 is 11.0. The lowest BCUT2D eigenvalue weighted by Crippen LogP contribution is -2.47. The Hall–Kier alpha value is -3.87. The van der Waals surface area contributed by atoms with Crippen molar-refractivity contribution in [2.45, 2.75) is 51.1 Å². The summed E-state index contributed by atoms with van der Waals surface area (Å²) in [4.78, 5) is 33.7. The second kappa shape index (κ2) is 12.2. The van der Waals surface area contributed by atoms with Crippen LogP contribution in [0.4, 0.5) is 5.69 Å². The van der Waals surface area contributed by atoms with Gasteiger partial charge in [0, 0.05) is 24.0 Å². The predicted octanol–water partition coefficient (Wildman–Crippen LogP) is 5.33. The third-order valence-corrected chi connectivity index (χ3v) is 6.40. The molecule has 2 aromatic carbocycles. The number of amides is 2. The quantitative estimate of drug-likeness (QED) is 0.442. The molecule has 4 rings (SSSR count). The van der Waals surface area contributed by atoms with Gasteiger partial charge in [-0.15, -0.1) is 0 Å².